The molecule has 0 spiro atoms. The highest BCUT2D eigenvalue weighted by molar-refractivity contribution is 5.53. The highest BCUT2D eigenvalue weighted by atomic mass is 35.5. The number of hydrogen-bond acceptors (Lipinski definition) is 2. The SMILES string of the molecule is CCC(Cc1[nH]cc[nH+]1)Nc1ccc(N)cc1F.[Cl-]. The van der Waals surface area contributed by atoms with Gasteiger partial charge in [0, 0.05) is 11.7 Å². The number of benzene rings is 1. The van der Waals surface area contributed by atoms with E-state index in [-0.39, 0.29) is 24.3 Å². The molecule has 2 aromatic rings. The van der Waals surface area contributed by atoms with E-state index >= 15 is 0 Å². The number of nitrogens with two attached hydrogens (primary N) is 1. The Bertz CT molecular complexity index is 501. The normalized spacial score (nSPS) is 11.7. The predicted octanol–water partition coefficient (Wildman–Crippen LogP) is -1.01. The maximum absolute atomic E-state index is 13.7. The second-order valence-electron chi connectivity index (χ2n) is 4.29. The van der Waals surface area contributed by atoms with Crippen molar-refractivity contribution in [2.45, 2.75) is 25.8 Å². The third-order valence-electron chi connectivity index (χ3n) is 2.89. The summed E-state index contributed by atoms with van der Waals surface area (Å²) >= 11 is 0. The van der Waals surface area contributed by atoms with Gasteiger partial charge in [-0.25, -0.2) is 14.4 Å². The van der Waals surface area contributed by atoms with Crippen molar-refractivity contribution in [1.82, 2.24) is 4.98 Å². The lowest BCUT2D eigenvalue weighted by atomic mass is 10.1. The number of aromatic nitrogens is 2. The molecular formula is C13H18ClFN4. The molecule has 1 unspecified atom stereocenters. The summed E-state index contributed by atoms with van der Waals surface area (Å²) in [6, 6.07) is 4.86. The molecule has 0 saturated carbocycles. The summed E-state index contributed by atoms with van der Waals surface area (Å²) in [5.74, 6) is 0.703. The Morgan fingerprint density at radius 1 is 1.47 bits per heavy atom. The average molecular weight is 285 g/mol. The van der Waals surface area contributed by atoms with Gasteiger partial charge in [0.05, 0.1) is 12.1 Å². The molecule has 0 amide bonds. The van der Waals surface area contributed by atoms with Gasteiger partial charge in [-0.3, -0.25) is 0 Å². The molecule has 0 aliphatic carbocycles. The Kier molecular flexibility index (Phi) is 5.63. The Hall–Kier alpha value is -1.75. The first kappa shape index (κ1) is 15.3. The summed E-state index contributed by atoms with van der Waals surface area (Å²) in [5.41, 5.74) is 6.45. The van der Waals surface area contributed by atoms with E-state index in [4.69, 9.17) is 5.73 Å². The zero-order chi connectivity index (χ0) is 13.0. The van der Waals surface area contributed by atoms with Crippen molar-refractivity contribution in [3.05, 3.63) is 42.2 Å². The Morgan fingerprint density at radius 2 is 2.26 bits per heavy atom. The highest BCUT2D eigenvalue weighted by Crippen LogP contribution is 2.19. The minimum absolute atomic E-state index is 0. The van der Waals surface area contributed by atoms with Crippen LogP contribution in [0.2, 0.25) is 0 Å². The van der Waals surface area contributed by atoms with E-state index in [1.165, 1.54) is 6.07 Å². The molecule has 0 fully saturated rings. The van der Waals surface area contributed by atoms with Gasteiger partial charge in [-0.1, -0.05) is 6.92 Å². The minimum atomic E-state index is -0.316. The lowest BCUT2D eigenvalue weighted by Crippen LogP contribution is -3.00. The minimum Gasteiger partial charge on any atom is -1.00 e. The van der Waals surface area contributed by atoms with Crippen LogP contribution >= 0.6 is 0 Å². The predicted molar refractivity (Wildman–Crippen MR) is 69.6 cm³/mol. The summed E-state index contributed by atoms with van der Waals surface area (Å²) in [6.07, 6.45) is 5.36. The van der Waals surface area contributed by atoms with E-state index in [1.54, 1.807) is 12.1 Å². The lowest BCUT2D eigenvalue weighted by Gasteiger charge is -2.16. The van der Waals surface area contributed by atoms with Crippen molar-refractivity contribution >= 4 is 11.4 Å². The van der Waals surface area contributed by atoms with E-state index in [2.05, 4.69) is 22.2 Å². The fourth-order valence-corrected chi connectivity index (χ4v) is 1.86. The Labute approximate surface area is 118 Å². The Balaban J connectivity index is 0.00000180. The fraction of sp³-hybridized carbons (Fsp3) is 0.308. The monoisotopic (exact) mass is 284 g/mol. The van der Waals surface area contributed by atoms with Crippen molar-refractivity contribution in [2.24, 2.45) is 0 Å². The van der Waals surface area contributed by atoms with E-state index in [1.807, 2.05) is 12.4 Å². The van der Waals surface area contributed by atoms with Crippen LogP contribution in [0.15, 0.2) is 30.6 Å². The molecule has 1 heterocycles. The number of nitrogen functional groups attached to an aromatic ring is 1. The van der Waals surface area contributed by atoms with Crippen LogP contribution in [0.3, 0.4) is 0 Å². The van der Waals surface area contributed by atoms with Crippen molar-refractivity contribution in [1.29, 1.82) is 0 Å². The molecule has 1 aromatic heterocycles. The molecule has 0 radical (unpaired) electrons. The van der Waals surface area contributed by atoms with E-state index in [0.717, 1.165) is 18.7 Å². The lowest BCUT2D eigenvalue weighted by molar-refractivity contribution is -0.388. The molecule has 19 heavy (non-hydrogen) atoms. The van der Waals surface area contributed by atoms with Crippen molar-refractivity contribution < 1.29 is 21.8 Å². The van der Waals surface area contributed by atoms with Crippen LogP contribution in [0, 0.1) is 5.82 Å². The van der Waals surface area contributed by atoms with Gasteiger partial charge >= 0.3 is 0 Å². The number of aromatic amines is 2. The van der Waals surface area contributed by atoms with Crippen LogP contribution in [0.5, 0.6) is 0 Å². The molecule has 0 saturated heterocycles. The van der Waals surface area contributed by atoms with Gasteiger partial charge < -0.3 is 23.5 Å². The quantitative estimate of drug-likeness (QED) is 0.616. The second kappa shape index (κ2) is 6.99. The summed E-state index contributed by atoms with van der Waals surface area (Å²) in [7, 11) is 0. The van der Waals surface area contributed by atoms with Crippen molar-refractivity contribution in [3.63, 3.8) is 0 Å². The third kappa shape index (κ3) is 4.13. The van der Waals surface area contributed by atoms with Gasteiger partial charge in [-0.2, -0.15) is 0 Å². The number of H-pyrrole nitrogens is 2. The molecule has 1 aromatic carbocycles. The maximum atomic E-state index is 13.7. The molecule has 4 nitrogen and oxygen atoms in total. The third-order valence-corrected chi connectivity index (χ3v) is 2.89. The van der Waals surface area contributed by atoms with E-state index in [0.29, 0.717) is 11.4 Å². The van der Waals surface area contributed by atoms with Crippen LogP contribution in [0.4, 0.5) is 15.8 Å². The summed E-state index contributed by atoms with van der Waals surface area (Å²) in [5, 5.41) is 3.19. The number of nitrogens with one attached hydrogen (secondary N) is 3. The maximum Gasteiger partial charge on any atom is 0.254 e. The number of anilines is 2. The van der Waals surface area contributed by atoms with Crippen molar-refractivity contribution in [2.75, 3.05) is 11.1 Å². The largest absolute Gasteiger partial charge is 1.00 e. The van der Waals surface area contributed by atoms with Gasteiger partial charge in [0.2, 0.25) is 0 Å². The van der Waals surface area contributed by atoms with Gasteiger partial charge in [0.25, 0.3) is 5.82 Å². The number of imidazole rings is 1. The first-order valence-electron chi connectivity index (χ1n) is 6.04. The highest BCUT2D eigenvalue weighted by Gasteiger charge is 2.14. The van der Waals surface area contributed by atoms with E-state index in [9.17, 15) is 4.39 Å². The van der Waals surface area contributed by atoms with Crippen LogP contribution < -0.4 is 28.4 Å². The number of halogens is 2. The number of hydrogen-bond donors (Lipinski definition) is 3. The fourth-order valence-electron chi connectivity index (χ4n) is 1.86. The number of rotatable bonds is 5. The molecule has 0 bridgehead atoms. The molecule has 5 N–H and O–H groups in total. The summed E-state index contributed by atoms with van der Waals surface area (Å²) < 4.78 is 13.7. The smallest absolute Gasteiger partial charge is 0.254 e. The molecule has 0 aliphatic heterocycles. The molecule has 104 valence electrons. The molecule has 2 rings (SSSR count). The first-order chi connectivity index (χ1) is 8.69. The Morgan fingerprint density at radius 3 is 2.84 bits per heavy atom. The average Bonchev–Trinajstić information content (AvgIpc) is 2.84. The molecule has 0 aliphatic rings. The van der Waals surface area contributed by atoms with Crippen molar-refractivity contribution in [3.8, 4) is 0 Å². The molecular weight excluding hydrogens is 267 g/mol. The first-order valence-corrected chi connectivity index (χ1v) is 6.04. The van der Waals surface area contributed by atoms with Gasteiger partial charge in [-0.05, 0) is 24.6 Å². The topological polar surface area (TPSA) is 68.0 Å². The summed E-state index contributed by atoms with van der Waals surface area (Å²) in [4.78, 5) is 6.20. The zero-order valence-corrected chi connectivity index (χ0v) is 11.5. The molecule has 6 heteroatoms. The van der Waals surface area contributed by atoms with Gasteiger partial charge in [0.15, 0.2) is 0 Å². The zero-order valence-electron chi connectivity index (χ0n) is 10.7. The molecule has 1 atom stereocenters. The van der Waals surface area contributed by atoms with Gasteiger partial charge in [-0.15, -0.1) is 0 Å². The standard InChI is InChI=1S/C13H17FN4.ClH/c1-2-10(8-13-16-5-6-17-13)18-12-4-3-9(15)7-11(12)14;/h3-7,10,18H,2,8,15H2,1H3,(H,16,17);1H. The van der Waals surface area contributed by atoms with Crippen LogP contribution in [0.1, 0.15) is 19.2 Å². The summed E-state index contributed by atoms with van der Waals surface area (Å²) in [6.45, 7) is 2.07. The van der Waals surface area contributed by atoms with Gasteiger partial charge in [0.1, 0.15) is 18.2 Å². The van der Waals surface area contributed by atoms with Crippen LogP contribution in [0.25, 0.3) is 0 Å². The second-order valence-corrected chi connectivity index (χ2v) is 4.29. The van der Waals surface area contributed by atoms with Crippen LogP contribution in [-0.2, 0) is 6.42 Å². The van der Waals surface area contributed by atoms with E-state index < -0.39 is 0 Å². The van der Waals surface area contributed by atoms with Crippen LogP contribution in [-0.4, -0.2) is 11.0 Å².